The van der Waals surface area contributed by atoms with Gasteiger partial charge in [0.1, 0.15) is 0 Å². The Morgan fingerprint density at radius 2 is 1.50 bits per heavy atom. The first kappa shape index (κ1) is 21.6. The molecule has 0 aliphatic carbocycles. The largest absolute Gasteiger partial charge is 0.288 e. The molecule has 2 N–H and O–H groups in total. The molecule has 7 heteroatoms. The fraction of sp³-hybridized carbons (Fsp3) is 0.846. The van der Waals surface area contributed by atoms with Gasteiger partial charge < -0.3 is 0 Å². The predicted octanol–water partition coefficient (Wildman–Crippen LogP) is 1.38. The van der Waals surface area contributed by atoms with E-state index >= 15 is 0 Å². The number of nitrogens with one attached hydrogen (secondary N) is 2. The Labute approximate surface area is 131 Å². The number of hydrogen-bond donors (Lipinski definition) is 2. The molecule has 0 saturated carbocycles. The normalized spacial score (nSPS) is 10.3. The van der Waals surface area contributed by atoms with Gasteiger partial charge in [0.05, 0.1) is 11.9 Å². The van der Waals surface area contributed by atoms with Crippen LogP contribution in [-0.2, 0) is 9.59 Å². The fourth-order valence-corrected chi connectivity index (χ4v) is 1.46. The summed E-state index contributed by atoms with van der Waals surface area (Å²) in [4.78, 5) is 22.6. The molecule has 0 unspecified atom stereocenters. The highest BCUT2D eigenvalue weighted by atomic mass is 79.9. The third kappa shape index (κ3) is 15.4. The van der Waals surface area contributed by atoms with Gasteiger partial charge in [-0.3, -0.25) is 20.4 Å². The lowest BCUT2D eigenvalue weighted by Gasteiger charge is -2.22. The maximum Gasteiger partial charge on any atom is 0.250 e. The van der Waals surface area contributed by atoms with Crippen LogP contribution in [0.1, 0.15) is 34.1 Å². The maximum atomic E-state index is 11.6. The molecule has 0 radical (unpaired) electrons. The van der Waals surface area contributed by atoms with Crippen LogP contribution < -0.4 is 10.9 Å². The highest BCUT2D eigenvalue weighted by Gasteiger charge is 2.10. The maximum absolute atomic E-state index is 11.6. The van der Waals surface area contributed by atoms with E-state index in [1.807, 2.05) is 7.05 Å². The molecule has 20 heavy (non-hydrogen) atoms. The molecule has 0 aliphatic heterocycles. The van der Waals surface area contributed by atoms with E-state index in [1.54, 1.807) is 12.1 Å². The molecule has 2 amide bonds. The van der Waals surface area contributed by atoms with Gasteiger partial charge in [-0.2, -0.15) is 0 Å². The van der Waals surface area contributed by atoms with E-state index < -0.39 is 0 Å². The van der Waals surface area contributed by atoms with Crippen LogP contribution in [0.5, 0.6) is 0 Å². The summed E-state index contributed by atoms with van der Waals surface area (Å²) in [6, 6.07) is 0. The molecule has 0 rings (SSSR count). The predicted molar refractivity (Wildman–Crippen MR) is 86.1 cm³/mol. The molecule has 0 bridgehead atoms. The van der Waals surface area contributed by atoms with Crippen LogP contribution in [0.3, 0.4) is 0 Å². The topological polar surface area (TPSA) is 64.7 Å². The zero-order chi connectivity index (χ0) is 16.1. The Morgan fingerprint density at radius 1 is 1.05 bits per heavy atom. The summed E-state index contributed by atoms with van der Waals surface area (Å²) in [6.45, 7) is 9.29. The van der Waals surface area contributed by atoms with Crippen molar-refractivity contribution < 1.29 is 9.59 Å². The minimum Gasteiger partial charge on any atom is -0.288 e. The average Bonchev–Trinajstić information content (AvgIpc) is 2.27. The van der Waals surface area contributed by atoms with Gasteiger partial charge in [-0.1, -0.05) is 50.0 Å². The smallest absolute Gasteiger partial charge is 0.250 e. The van der Waals surface area contributed by atoms with Crippen LogP contribution in [0.15, 0.2) is 0 Å². The Kier molecular flexibility index (Phi) is 14.4. The second-order valence-corrected chi connectivity index (χ2v) is 5.60. The number of amides is 2. The minimum absolute atomic E-state index is 0.112. The van der Waals surface area contributed by atoms with Gasteiger partial charge in [0.25, 0.3) is 0 Å². The van der Waals surface area contributed by atoms with Gasteiger partial charge in [-0.25, -0.2) is 10.0 Å². The Balaban J connectivity index is 0. The quantitative estimate of drug-likeness (QED) is 0.536. The number of carbonyl (C=O) groups is 2. The molecular weight excluding hydrogens is 324 g/mol. The second-order valence-electron chi connectivity index (χ2n) is 5.04. The molecule has 6 nitrogen and oxygen atoms in total. The summed E-state index contributed by atoms with van der Waals surface area (Å²) < 4.78 is 0. The molecular formula is C13H29BrN4O2. The van der Waals surface area contributed by atoms with Crippen molar-refractivity contribution in [1.82, 2.24) is 20.9 Å². The van der Waals surface area contributed by atoms with E-state index in [4.69, 9.17) is 0 Å². The first-order valence-corrected chi connectivity index (χ1v) is 7.96. The minimum atomic E-state index is -0.184. The molecule has 0 heterocycles. The average molecular weight is 353 g/mol. The van der Waals surface area contributed by atoms with Crippen molar-refractivity contribution >= 4 is 27.7 Å². The number of alkyl halides is 1. The molecule has 0 aromatic heterocycles. The summed E-state index contributed by atoms with van der Waals surface area (Å²) in [5.74, 6) is 0.132. The summed E-state index contributed by atoms with van der Waals surface area (Å²) >= 11 is 3.03. The van der Waals surface area contributed by atoms with Gasteiger partial charge in [-0.05, 0) is 5.92 Å². The number of hydrogen-bond acceptors (Lipinski definition) is 4. The van der Waals surface area contributed by atoms with Crippen LogP contribution >= 0.6 is 15.9 Å². The molecule has 0 aliphatic rings. The van der Waals surface area contributed by atoms with Crippen LogP contribution in [0.4, 0.5) is 0 Å². The van der Waals surface area contributed by atoms with E-state index in [0.717, 1.165) is 6.54 Å². The Bertz CT molecular complexity index is 275. The zero-order valence-electron chi connectivity index (χ0n) is 13.5. The summed E-state index contributed by atoms with van der Waals surface area (Å²) in [5.41, 5.74) is 5.27. The number of carbonyl (C=O) groups excluding carboxylic acids is 2. The van der Waals surface area contributed by atoms with Crippen molar-refractivity contribution in [2.45, 2.75) is 34.1 Å². The number of nitrogens with zero attached hydrogens (tertiary/aromatic N) is 2. The van der Waals surface area contributed by atoms with Gasteiger partial charge >= 0.3 is 0 Å². The molecule has 0 fully saturated rings. The van der Waals surface area contributed by atoms with E-state index in [0.29, 0.717) is 5.92 Å². The SMILES string of the molecule is CC(C)CN(C)NC(=O)CN(C)NC(=O)CBr.CCC. The van der Waals surface area contributed by atoms with Crippen molar-refractivity contribution in [1.29, 1.82) is 0 Å². The molecule has 0 spiro atoms. The number of halogens is 1. The third-order valence-corrected chi connectivity index (χ3v) is 2.28. The van der Waals surface area contributed by atoms with Crippen molar-refractivity contribution in [2.24, 2.45) is 5.92 Å². The first-order chi connectivity index (χ1) is 9.26. The summed E-state index contributed by atoms with van der Waals surface area (Å²) in [7, 11) is 3.46. The Morgan fingerprint density at radius 3 is 1.90 bits per heavy atom. The Hall–Kier alpha value is -0.660. The van der Waals surface area contributed by atoms with Crippen LogP contribution in [0, 0.1) is 5.92 Å². The lowest BCUT2D eigenvalue weighted by Crippen LogP contribution is -2.49. The zero-order valence-corrected chi connectivity index (χ0v) is 15.1. The van der Waals surface area contributed by atoms with Crippen molar-refractivity contribution in [2.75, 3.05) is 32.5 Å². The van der Waals surface area contributed by atoms with Crippen LogP contribution in [-0.4, -0.2) is 54.3 Å². The van der Waals surface area contributed by atoms with Crippen LogP contribution in [0.2, 0.25) is 0 Å². The van der Waals surface area contributed by atoms with E-state index in [2.05, 4.69) is 54.5 Å². The van der Waals surface area contributed by atoms with Gasteiger partial charge in [-0.15, -0.1) is 0 Å². The molecule has 120 valence electrons. The molecule has 0 saturated heterocycles. The summed E-state index contributed by atoms with van der Waals surface area (Å²) in [5, 5.41) is 3.40. The highest BCUT2D eigenvalue weighted by molar-refractivity contribution is 9.09. The molecule has 0 atom stereocenters. The number of hydrazine groups is 2. The lowest BCUT2D eigenvalue weighted by molar-refractivity contribution is -0.129. The van der Waals surface area contributed by atoms with Gasteiger partial charge in [0.2, 0.25) is 11.8 Å². The van der Waals surface area contributed by atoms with Gasteiger partial charge in [0.15, 0.2) is 0 Å². The summed E-state index contributed by atoms with van der Waals surface area (Å²) in [6.07, 6.45) is 1.25. The second kappa shape index (κ2) is 13.3. The molecule has 0 aromatic rings. The van der Waals surface area contributed by atoms with Crippen LogP contribution in [0.25, 0.3) is 0 Å². The fourth-order valence-electron chi connectivity index (χ4n) is 1.34. The van der Waals surface area contributed by atoms with E-state index in [9.17, 15) is 9.59 Å². The van der Waals surface area contributed by atoms with E-state index in [1.165, 1.54) is 11.4 Å². The third-order valence-electron chi connectivity index (χ3n) is 1.77. The lowest BCUT2D eigenvalue weighted by atomic mass is 10.2. The van der Waals surface area contributed by atoms with Crippen molar-refractivity contribution in [3.8, 4) is 0 Å². The first-order valence-electron chi connectivity index (χ1n) is 6.83. The van der Waals surface area contributed by atoms with Crippen molar-refractivity contribution in [3.05, 3.63) is 0 Å². The molecule has 0 aromatic carbocycles. The van der Waals surface area contributed by atoms with Gasteiger partial charge in [0, 0.05) is 20.6 Å². The number of likely N-dealkylation sites (N-methyl/N-ethyl adjacent to an activating group) is 1. The van der Waals surface area contributed by atoms with E-state index in [-0.39, 0.29) is 23.7 Å². The highest BCUT2D eigenvalue weighted by Crippen LogP contribution is 1.92. The van der Waals surface area contributed by atoms with Crippen molar-refractivity contribution in [3.63, 3.8) is 0 Å². The standard InChI is InChI=1S/C10H21BrN4O2.C3H8/c1-8(2)6-14(3)13-10(17)7-15(4)12-9(16)5-11;1-3-2/h8H,5-7H2,1-4H3,(H,12,16)(H,13,17);3H2,1-2H3. The monoisotopic (exact) mass is 352 g/mol. The number of rotatable bonds is 7.